The zero-order valence-corrected chi connectivity index (χ0v) is 28.1. The molecule has 0 fully saturated rings. The molecule has 2 heterocycles. The Labute approximate surface area is 288 Å². The number of rotatable bonds is 4. The fourth-order valence-corrected chi connectivity index (χ4v) is 10.1. The number of fused-ring (bicyclic) bond motifs is 8. The standard InChI is InChI=1S/C45H27N3Se/c1-3-12-30(13-4-1)43-46-44(31-14-5-2-6-15-31)48-45(47-43)39-20-9-16-32-27-33(24-25-34(32)39)36-18-10-19-37-38-26-23-29-22-21-28-11-7-8-17-35(28)40(29)42(38)49-41(36)37/h1-27H. The maximum atomic E-state index is 5.03. The predicted molar refractivity (Wildman–Crippen MR) is 206 cm³/mol. The van der Waals surface area contributed by atoms with E-state index in [1.165, 1.54) is 52.0 Å². The van der Waals surface area contributed by atoms with Crippen molar-refractivity contribution in [3.8, 4) is 45.3 Å². The van der Waals surface area contributed by atoms with Gasteiger partial charge in [0.2, 0.25) is 0 Å². The average molecular weight is 689 g/mol. The van der Waals surface area contributed by atoms with E-state index in [2.05, 4.69) is 103 Å². The third kappa shape index (κ3) is 4.69. The predicted octanol–water partition coefficient (Wildman–Crippen LogP) is 11.4. The molecule has 8 aromatic carbocycles. The van der Waals surface area contributed by atoms with Gasteiger partial charge in [0, 0.05) is 0 Å². The molecule has 0 unspecified atom stereocenters. The summed E-state index contributed by atoms with van der Waals surface area (Å²) in [6.07, 6.45) is 0. The first-order chi connectivity index (χ1) is 24.3. The average Bonchev–Trinajstić information content (AvgIpc) is 3.57. The molecule has 10 rings (SSSR count). The molecular formula is C45H27N3Se. The Morgan fingerprint density at radius 1 is 0.327 bits per heavy atom. The summed E-state index contributed by atoms with van der Waals surface area (Å²) in [5.41, 5.74) is 5.47. The van der Waals surface area contributed by atoms with Crippen LogP contribution in [0.3, 0.4) is 0 Å². The maximum absolute atomic E-state index is 5.03. The third-order valence-electron chi connectivity index (χ3n) is 9.50. The van der Waals surface area contributed by atoms with Crippen molar-refractivity contribution in [3.05, 3.63) is 164 Å². The molecule has 0 saturated carbocycles. The number of benzene rings is 8. The summed E-state index contributed by atoms with van der Waals surface area (Å²) in [5, 5.41) is 10.4. The van der Waals surface area contributed by atoms with Crippen LogP contribution in [-0.2, 0) is 0 Å². The zero-order valence-electron chi connectivity index (χ0n) is 26.3. The summed E-state index contributed by atoms with van der Waals surface area (Å²) >= 11 is 0.175. The van der Waals surface area contributed by atoms with Gasteiger partial charge >= 0.3 is 254 Å². The summed E-state index contributed by atoms with van der Waals surface area (Å²) in [6, 6.07) is 58.3. The molecule has 0 N–H and O–H groups in total. The van der Waals surface area contributed by atoms with Gasteiger partial charge in [-0.15, -0.1) is 0 Å². The van der Waals surface area contributed by atoms with Gasteiger partial charge in [-0.2, -0.15) is 0 Å². The van der Waals surface area contributed by atoms with Gasteiger partial charge in [-0.3, -0.25) is 0 Å². The van der Waals surface area contributed by atoms with E-state index in [0.29, 0.717) is 17.5 Å². The van der Waals surface area contributed by atoms with E-state index in [1.807, 2.05) is 60.7 Å². The summed E-state index contributed by atoms with van der Waals surface area (Å²) in [5.74, 6) is 2.00. The van der Waals surface area contributed by atoms with Crippen molar-refractivity contribution in [2.45, 2.75) is 0 Å². The summed E-state index contributed by atoms with van der Waals surface area (Å²) in [7, 11) is 0. The Hall–Kier alpha value is -5.93. The normalized spacial score (nSPS) is 11.7. The minimum absolute atomic E-state index is 0.175. The number of hydrogen-bond acceptors (Lipinski definition) is 3. The second kappa shape index (κ2) is 11.3. The fourth-order valence-electron chi connectivity index (χ4n) is 7.15. The number of aromatic nitrogens is 3. The molecule has 4 heteroatoms. The van der Waals surface area contributed by atoms with Crippen LogP contribution in [0.1, 0.15) is 0 Å². The van der Waals surface area contributed by atoms with Crippen molar-refractivity contribution < 1.29 is 0 Å². The Morgan fingerprint density at radius 2 is 0.898 bits per heavy atom. The van der Waals surface area contributed by atoms with E-state index < -0.39 is 0 Å². The fraction of sp³-hybridized carbons (Fsp3) is 0. The Bertz CT molecular complexity index is 2820. The van der Waals surface area contributed by atoms with Crippen molar-refractivity contribution in [2.24, 2.45) is 0 Å². The van der Waals surface area contributed by atoms with Crippen LogP contribution in [0.25, 0.3) is 96.9 Å². The van der Waals surface area contributed by atoms with Gasteiger partial charge in [0.1, 0.15) is 0 Å². The molecule has 0 amide bonds. The Balaban J connectivity index is 1.15. The van der Waals surface area contributed by atoms with Gasteiger partial charge in [0.15, 0.2) is 0 Å². The second-order valence-corrected chi connectivity index (χ2v) is 14.5. The number of nitrogens with zero attached hydrogens (tertiary/aromatic N) is 3. The van der Waals surface area contributed by atoms with E-state index >= 15 is 0 Å². The van der Waals surface area contributed by atoms with Crippen LogP contribution in [0, 0.1) is 0 Å². The van der Waals surface area contributed by atoms with Gasteiger partial charge in [-0.1, -0.05) is 36.4 Å². The van der Waals surface area contributed by atoms with Crippen LogP contribution in [0.15, 0.2) is 164 Å². The molecule has 0 saturated heterocycles. The third-order valence-corrected chi connectivity index (χ3v) is 12.2. The molecule has 0 spiro atoms. The molecule has 10 aromatic rings. The van der Waals surface area contributed by atoms with E-state index in [4.69, 9.17) is 15.0 Å². The summed E-state index contributed by atoms with van der Waals surface area (Å²) < 4.78 is 2.95. The summed E-state index contributed by atoms with van der Waals surface area (Å²) in [6.45, 7) is 0. The van der Waals surface area contributed by atoms with Gasteiger partial charge in [0.25, 0.3) is 0 Å². The second-order valence-electron chi connectivity index (χ2n) is 12.4. The van der Waals surface area contributed by atoms with E-state index in [0.717, 1.165) is 27.5 Å². The molecule has 0 aliphatic carbocycles. The van der Waals surface area contributed by atoms with E-state index in [9.17, 15) is 0 Å². The van der Waals surface area contributed by atoms with Crippen molar-refractivity contribution >= 4 is 66.1 Å². The van der Waals surface area contributed by atoms with Gasteiger partial charge < -0.3 is 0 Å². The molecular weight excluding hydrogens is 661 g/mol. The molecule has 0 aliphatic rings. The first kappa shape index (κ1) is 28.1. The van der Waals surface area contributed by atoms with Crippen molar-refractivity contribution in [1.82, 2.24) is 15.0 Å². The van der Waals surface area contributed by atoms with Gasteiger partial charge in [0.05, 0.1) is 0 Å². The van der Waals surface area contributed by atoms with E-state index in [1.54, 1.807) is 0 Å². The molecule has 228 valence electrons. The van der Waals surface area contributed by atoms with Crippen LogP contribution >= 0.6 is 0 Å². The molecule has 0 aliphatic heterocycles. The molecule has 2 aromatic heterocycles. The minimum Gasteiger partial charge on any atom is -0.0615 e. The molecule has 3 nitrogen and oxygen atoms in total. The van der Waals surface area contributed by atoms with Crippen LogP contribution < -0.4 is 0 Å². The smallest absolute Gasteiger partial charge is 0.0615 e. The monoisotopic (exact) mass is 689 g/mol. The first-order valence-corrected chi connectivity index (χ1v) is 18.2. The van der Waals surface area contributed by atoms with Crippen LogP contribution in [0.2, 0.25) is 0 Å². The van der Waals surface area contributed by atoms with Gasteiger partial charge in [-0.25, -0.2) is 0 Å². The number of hydrogen-bond donors (Lipinski definition) is 0. The van der Waals surface area contributed by atoms with Gasteiger partial charge in [-0.05, 0) is 0 Å². The summed E-state index contributed by atoms with van der Waals surface area (Å²) in [4.78, 5) is 15.0. The van der Waals surface area contributed by atoms with Crippen molar-refractivity contribution in [2.75, 3.05) is 0 Å². The van der Waals surface area contributed by atoms with Crippen molar-refractivity contribution in [3.63, 3.8) is 0 Å². The van der Waals surface area contributed by atoms with Crippen molar-refractivity contribution in [1.29, 1.82) is 0 Å². The molecule has 0 radical (unpaired) electrons. The Kier molecular flexibility index (Phi) is 6.51. The SMILES string of the molecule is c1ccc(-c2nc(-c3ccccc3)nc(-c3cccc4cc(-c5cccc6c5[se]c5c6ccc6ccc7ccccc7c65)ccc34)n2)cc1. The topological polar surface area (TPSA) is 38.7 Å². The molecule has 49 heavy (non-hydrogen) atoms. The van der Waals surface area contributed by atoms with Crippen LogP contribution in [0.5, 0.6) is 0 Å². The van der Waals surface area contributed by atoms with Crippen LogP contribution in [0.4, 0.5) is 0 Å². The first-order valence-electron chi connectivity index (χ1n) is 16.4. The van der Waals surface area contributed by atoms with E-state index in [-0.39, 0.29) is 14.5 Å². The van der Waals surface area contributed by atoms with Crippen LogP contribution in [-0.4, -0.2) is 29.5 Å². The Morgan fingerprint density at radius 3 is 1.69 bits per heavy atom. The zero-order chi connectivity index (χ0) is 32.3. The molecule has 0 atom stereocenters. The molecule has 0 bridgehead atoms. The minimum atomic E-state index is 0.175. The quantitative estimate of drug-likeness (QED) is 0.136.